The molecular weight excluding hydrogens is 262 g/mol. The molecule has 0 bridgehead atoms. The van der Waals surface area contributed by atoms with Crippen molar-refractivity contribution in [2.75, 3.05) is 17.2 Å². The Labute approximate surface area is 122 Å². The number of hydrogen-bond donors (Lipinski definition) is 2. The van der Waals surface area contributed by atoms with Crippen molar-refractivity contribution in [3.63, 3.8) is 0 Å². The van der Waals surface area contributed by atoms with Crippen LogP contribution in [0.15, 0.2) is 59.6 Å². The molecule has 0 saturated heterocycles. The summed E-state index contributed by atoms with van der Waals surface area (Å²) in [6.45, 7) is 0.645. The Kier molecular flexibility index (Phi) is 2.74. The maximum Gasteiger partial charge on any atom is 0.235 e. The predicted octanol–water partition coefficient (Wildman–Crippen LogP) is 2.86. The third kappa shape index (κ3) is 2.00. The van der Waals surface area contributed by atoms with Crippen LogP contribution in [0.5, 0.6) is 0 Å². The van der Waals surface area contributed by atoms with Crippen LogP contribution in [-0.2, 0) is 4.79 Å². The molecule has 2 aromatic rings. The summed E-state index contributed by atoms with van der Waals surface area (Å²) >= 11 is 0. The fourth-order valence-electron chi connectivity index (χ4n) is 3.06. The van der Waals surface area contributed by atoms with E-state index in [2.05, 4.69) is 27.8 Å². The van der Waals surface area contributed by atoms with E-state index in [4.69, 9.17) is 0 Å². The molecule has 0 fully saturated rings. The van der Waals surface area contributed by atoms with Crippen LogP contribution >= 0.6 is 0 Å². The number of aliphatic imine (C=N–C) groups is 1. The molecule has 0 aliphatic carbocycles. The third-order valence-electron chi connectivity index (χ3n) is 4.11. The van der Waals surface area contributed by atoms with Gasteiger partial charge in [0.1, 0.15) is 11.8 Å². The number of carbonyl (C=O) groups excluding carboxylic acids is 1. The van der Waals surface area contributed by atoms with Crippen LogP contribution in [0, 0.1) is 5.92 Å². The van der Waals surface area contributed by atoms with Gasteiger partial charge in [0.15, 0.2) is 0 Å². The molecular formula is C17H15N3O. The highest BCUT2D eigenvalue weighted by molar-refractivity contribution is 6.19. The van der Waals surface area contributed by atoms with Crippen LogP contribution < -0.4 is 10.6 Å². The quantitative estimate of drug-likeness (QED) is 0.842. The van der Waals surface area contributed by atoms with Gasteiger partial charge in [0.25, 0.3) is 0 Å². The summed E-state index contributed by atoms with van der Waals surface area (Å²) < 4.78 is 0. The zero-order valence-electron chi connectivity index (χ0n) is 11.4. The van der Waals surface area contributed by atoms with E-state index in [1.54, 1.807) is 0 Å². The molecule has 1 amide bonds. The Morgan fingerprint density at radius 2 is 1.57 bits per heavy atom. The second-order valence-electron chi connectivity index (χ2n) is 5.38. The number of amidine groups is 1. The van der Waals surface area contributed by atoms with Gasteiger partial charge in [-0.05, 0) is 17.7 Å². The molecule has 2 aliphatic heterocycles. The third-order valence-corrected chi connectivity index (χ3v) is 4.11. The second kappa shape index (κ2) is 4.74. The van der Waals surface area contributed by atoms with Crippen LogP contribution in [0.4, 0.5) is 11.4 Å². The first-order valence-electron chi connectivity index (χ1n) is 7.09. The largest absolute Gasteiger partial charge is 0.342 e. The Morgan fingerprint density at radius 3 is 2.33 bits per heavy atom. The highest BCUT2D eigenvalue weighted by Crippen LogP contribution is 2.36. The Balaban J connectivity index is 1.72. The normalized spacial score (nSPS) is 23.2. The maximum atomic E-state index is 12.6. The van der Waals surface area contributed by atoms with Gasteiger partial charge in [0, 0.05) is 12.5 Å². The van der Waals surface area contributed by atoms with Crippen molar-refractivity contribution in [1.29, 1.82) is 0 Å². The number of para-hydroxylation sites is 2. The number of hydrogen-bond acceptors (Lipinski definition) is 3. The summed E-state index contributed by atoms with van der Waals surface area (Å²) in [6, 6.07) is 17.8. The van der Waals surface area contributed by atoms with Gasteiger partial charge in [-0.25, -0.2) is 0 Å². The highest BCUT2D eigenvalue weighted by Gasteiger charge is 2.40. The molecule has 0 radical (unpaired) electrons. The van der Waals surface area contributed by atoms with Gasteiger partial charge in [-0.2, -0.15) is 0 Å². The van der Waals surface area contributed by atoms with Crippen molar-refractivity contribution in [2.45, 2.75) is 5.92 Å². The van der Waals surface area contributed by atoms with Crippen LogP contribution in [-0.4, -0.2) is 18.3 Å². The Morgan fingerprint density at radius 1 is 0.905 bits per heavy atom. The molecule has 2 heterocycles. The van der Waals surface area contributed by atoms with Gasteiger partial charge in [0.2, 0.25) is 5.91 Å². The standard InChI is InChI=1S/C17H15N3O/c21-17-15-12(11-6-2-1-3-7-11)10-18-16(15)19-13-8-4-5-9-14(13)20-17/h1-9,12,15H,10H2,(H,18,19)(H,20,21). The van der Waals surface area contributed by atoms with Crippen molar-refractivity contribution < 1.29 is 4.79 Å². The zero-order valence-corrected chi connectivity index (χ0v) is 11.4. The topological polar surface area (TPSA) is 53.5 Å². The number of benzene rings is 2. The maximum absolute atomic E-state index is 12.6. The molecule has 2 unspecified atom stereocenters. The molecule has 2 aromatic carbocycles. The van der Waals surface area contributed by atoms with Gasteiger partial charge in [-0.3, -0.25) is 9.79 Å². The summed E-state index contributed by atoms with van der Waals surface area (Å²) in [5, 5.41) is 6.33. The molecule has 0 saturated carbocycles. The summed E-state index contributed by atoms with van der Waals surface area (Å²) in [6.07, 6.45) is 0. The first-order valence-corrected chi connectivity index (χ1v) is 7.09. The lowest BCUT2D eigenvalue weighted by Gasteiger charge is -2.18. The smallest absolute Gasteiger partial charge is 0.235 e. The molecule has 4 rings (SSSR count). The Hall–Kier alpha value is -2.62. The minimum atomic E-state index is -0.250. The summed E-state index contributed by atoms with van der Waals surface area (Å²) in [5.74, 6) is 0.631. The predicted molar refractivity (Wildman–Crippen MR) is 83.7 cm³/mol. The Bertz CT molecular complexity index is 724. The van der Waals surface area contributed by atoms with Crippen molar-refractivity contribution in [3.05, 3.63) is 60.2 Å². The first-order chi connectivity index (χ1) is 10.3. The van der Waals surface area contributed by atoms with E-state index in [1.807, 2.05) is 42.5 Å². The average Bonchev–Trinajstić information content (AvgIpc) is 2.88. The molecule has 21 heavy (non-hydrogen) atoms. The van der Waals surface area contributed by atoms with E-state index in [-0.39, 0.29) is 17.7 Å². The van der Waals surface area contributed by atoms with E-state index in [0.29, 0.717) is 6.54 Å². The van der Waals surface area contributed by atoms with E-state index in [9.17, 15) is 4.79 Å². The fraction of sp³-hybridized carbons (Fsp3) is 0.176. The highest BCUT2D eigenvalue weighted by atomic mass is 16.2. The van der Waals surface area contributed by atoms with Crippen molar-refractivity contribution in [1.82, 2.24) is 0 Å². The van der Waals surface area contributed by atoms with Gasteiger partial charge >= 0.3 is 0 Å². The van der Waals surface area contributed by atoms with E-state index < -0.39 is 0 Å². The van der Waals surface area contributed by atoms with Crippen LogP contribution in [0.2, 0.25) is 0 Å². The molecule has 0 spiro atoms. The number of carbonyl (C=O) groups is 1. The minimum absolute atomic E-state index is 0.0116. The fourth-order valence-corrected chi connectivity index (χ4v) is 3.06. The molecule has 2 atom stereocenters. The van der Waals surface area contributed by atoms with Gasteiger partial charge < -0.3 is 10.6 Å². The van der Waals surface area contributed by atoms with Crippen LogP contribution in [0.25, 0.3) is 0 Å². The lowest BCUT2D eigenvalue weighted by atomic mass is 9.87. The molecule has 2 aliphatic rings. The number of fused-ring (bicyclic) bond motifs is 2. The summed E-state index contributed by atoms with van der Waals surface area (Å²) in [5.41, 5.74) is 2.87. The van der Waals surface area contributed by atoms with Crippen LogP contribution in [0.3, 0.4) is 0 Å². The average molecular weight is 277 g/mol. The number of nitrogens with one attached hydrogen (secondary N) is 2. The monoisotopic (exact) mass is 277 g/mol. The van der Waals surface area contributed by atoms with Crippen molar-refractivity contribution in [3.8, 4) is 0 Å². The van der Waals surface area contributed by atoms with Crippen molar-refractivity contribution >= 4 is 23.1 Å². The summed E-state index contributed by atoms with van der Waals surface area (Å²) in [7, 11) is 0. The lowest BCUT2D eigenvalue weighted by Crippen LogP contribution is -2.32. The summed E-state index contributed by atoms with van der Waals surface area (Å²) in [4.78, 5) is 17.2. The van der Waals surface area contributed by atoms with E-state index in [0.717, 1.165) is 22.8 Å². The second-order valence-corrected chi connectivity index (χ2v) is 5.38. The van der Waals surface area contributed by atoms with Gasteiger partial charge in [-0.15, -0.1) is 0 Å². The molecule has 104 valence electrons. The molecule has 4 nitrogen and oxygen atoms in total. The number of rotatable bonds is 1. The minimum Gasteiger partial charge on any atom is -0.342 e. The number of anilines is 2. The van der Waals surface area contributed by atoms with E-state index in [1.165, 1.54) is 0 Å². The molecule has 0 aromatic heterocycles. The van der Waals surface area contributed by atoms with Crippen molar-refractivity contribution in [2.24, 2.45) is 10.9 Å². The number of amides is 1. The molecule has 4 heteroatoms. The van der Waals surface area contributed by atoms with E-state index >= 15 is 0 Å². The molecule has 2 N–H and O–H groups in total. The zero-order chi connectivity index (χ0) is 14.2. The SMILES string of the molecule is O=C1Nc2ccccc2NC2=NCC(c3ccccc3)C12. The van der Waals surface area contributed by atoms with Crippen LogP contribution in [0.1, 0.15) is 11.5 Å². The first kappa shape index (κ1) is 12.1. The number of nitrogens with zero attached hydrogens (tertiary/aromatic N) is 1. The van der Waals surface area contributed by atoms with Gasteiger partial charge in [0.05, 0.1) is 11.4 Å². The van der Waals surface area contributed by atoms with Gasteiger partial charge in [-0.1, -0.05) is 42.5 Å². The lowest BCUT2D eigenvalue weighted by molar-refractivity contribution is -0.118.